The van der Waals surface area contributed by atoms with E-state index in [0.717, 1.165) is 11.6 Å². The molecule has 0 aliphatic rings. The fourth-order valence-corrected chi connectivity index (χ4v) is 1.93. The normalized spacial score (nSPS) is 13.9. The molecule has 1 aromatic heterocycles. The van der Waals surface area contributed by atoms with E-state index < -0.39 is 18.1 Å². The predicted molar refractivity (Wildman–Crippen MR) is 53.9 cm³/mol. The van der Waals surface area contributed by atoms with Crippen LogP contribution in [-0.2, 0) is 0 Å². The molecule has 8 heteroatoms. The predicted octanol–water partition coefficient (Wildman–Crippen LogP) is 2.18. The Kier molecular flexibility index (Phi) is 3.32. The second-order valence-electron chi connectivity index (χ2n) is 3.28. The highest BCUT2D eigenvalue weighted by atomic mass is 79.9. The van der Waals surface area contributed by atoms with Crippen LogP contribution in [0.3, 0.4) is 0 Å². The SMILES string of the molecule is Cc1c(C(N)=O)c(Br)nn1C(C)C(F)(F)F. The zero-order valence-electron chi connectivity index (χ0n) is 8.47. The van der Waals surface area contributed by atoms with E-state index in [0.29, 0.717) is 0 Å². The van der Waals surface area contributed by atoms with Crippen molar-refractivity contribution in [2.45, 2.75) is 26.1 Å². The zero-order chi connectivity index (χ0) is 12.7. The van der Waals surface area contributed by atoms with Crippen LogP contribution in [0.2, 0.25) is 0 Å². The lowest BCUT2D eigenvalue weighted by atomic mass is 10.2. The number of carbonyl (C=O) groups excluding carboxylic acids is 1. The Hall–Kier alpha value is -1.05. The van der Waals surface area contributed by atoms with Crippen molar-refractivity contribution in [3.05, 3.63) is 15.9 Å². The molecule has 1 amide bonds. The Labute approximate surface area is 97.7 Å². The first-order valence-corrected chi connectivity index (χ1v) is 5.06. The van der Waals surface area contributed by atoms with Crippen LogP contribution in [0, 0.1) is 6.92 Å². The van der Waals surface area contributed by atoms with Gasteiger partial charge >= 0.3 is 6.18 Å². The van der Waals surface area contributed by atoms with Crippen LogP contribution in [0.1, 0.15) is 29.0 Å². The molecule has 0 aliphatic carbocycles. The van der Waals surface area contributed by atoms with Crippen LogP contribution in [0.25, 0.3) is 0 Å². The Morgan fingerprint density at radius 2 is 2.06 bits per heavy atom. The van der Waals surface area contributed by atoms with Crippen molar-refractivity contribution >= 4 is 21.8 Å². The topological polar surface area (TPSA) is 60.9 Å². The first-order valence-electron chi connectivity index (χ1n) is 4.27. The van der Waals surface area contributed by atoms with Crippen molar-refractivity contribution in [2.24, 2.45) is 5.73 Å². The molecule has 1 atom stereocenters. The summed E-state index contributed by atoms with van der Waals surface area (Å²) in [6.45, 7) is 2.32. The van der Waals surface area contributed by atoms with Gasteiger partial charge in [0.05, 0.1) is 5.56 Å². The first-order chi connectivity index (χ1) is 7.16. The summed E-state index contributed by atoms with van der Waals surface area (Å²) in [5, 5.41) is 3.61. The monoisotopic (exact) mass is 299 g/mol. The standard InChI is InChI=1S/C8H9BrF3N3O/c1-3-5(7(13)16)6(9)14-15(3)4(2)8(10,11)12/h4H,1-2H3,(H2,13,16). The summed E-state index contributed by atoms with van der Waals surface area (Å²) in [6, 6.07) is -1.81. The lowest BCUT2D eigenvalue weighted by Gasteiger charge is -2.17. The highest BCUT2D eigenvalue weighted by molar-refractivity contribution is 9.10. The number of alkyl halides is 3. The van der Waals surface area contributed by atoms with Gasteiger partial charge < -0.3 is 5.73 Å². The molecule has 0 aliphatic heterocycles. The molecular formula is C8H9BrF3N3O. The zero-order valence-corrected chi connectivity index (χ0v) is 10.1. The van der Waals surface area contributed by atoms with Crippen molar-refractivity contribution in [3.8, 4) is 0 Å². The molecule has 2 N–H and O–H groups in total. The average molecular weight is 300 g/mol. The number of rotatable bonds is 2. The number of primary amides is 1. The molecule has 0 aromatic carbocycles. The molecule has 0 bridgehead atoms. The van der Waals surface area contributed by atoms with E-state index in [4.69, 9.17) is 5.73 Å². The highest BCUT2D eigenvalue weighted by Crippen LogP contribution is 2.32. The van der Waals surface area contributed by atoms with Crippen molar-refractivity contribution < 1.29 is 18.0 Å². The fraction of sp³-hybridized carbons (Fsp3) is 0.500. The third-order valence-electron chi connectivity index (χ3n) is 2.19. The molecule has 1 heterocycles. The number of amides is 1. The molecule has 0 fully saturated rings. The summed E-state index contributed by atoms with van der Waals surface area (Å²) in [5.74, 6) is -0.815. The van der Waals surface area contributed by atoms with E-state index in [1.807, 2.05) is 0 Å². The van der Waals surface area contributed by atoms with Crippen LogP contribution in [-0.4, -0.2) is 21.9 Å². The molecule has 1 rings (SSSR count). The molecule has 0 saturated heterocycles. The Morgan fingerprint density at radius 1 is 1.56 bits per heavy atom. The molecule has 4 nitrogen and oxygen atoms in total. The van der Waals surface area contributed by atoms with E-state index in [2.05, 4.69) is 21.0 Å². The second kappa shape index (κ2) is 4.08. The average Bonchev–Trinajstić information content (AvgIpc) is 2.38. The lowest BCUT2D eigenvalue weighted by molar-refractivity contribution is -0.165. The van der Waals surface area contributed by atoms with Gasteiger partial charge in [0, 0.05) is 5.69 Å². The summed E-state index contributed by atoms with van der Waals surface area (Å²) in [5.41, 5.74) is 5.09. The van der Waals surface area contributed by atoms with Gasteiger partial charge in [-0.3, -0.25) is 9.48 Å². The quantitative estimate of drug-likeness (QED) is 0.910. The van der Waals surface area contributed by atoms with Crippen LogP contribution in [0.5, 0.6) is 0 Å². The summed E-state index contributed by atoms with van der Waals surface area (Å²) in [7, 11) is 0. The van der Waals surface area contributed by atoms with Gasteiger partial charge in [0.2, 0.25) is 0 Å². The van der Waals surface area contributed by atoms with Gasteiger partial charge in [-0.25, -0.2) is 0 Å². The van der Waals surface area contributed by atoms with Gasteiger partial charge in [-0.1, -0.05) is 0 Å². The molecule has 16 heavy (non-hydrogen) atoms. The minimum Gasteiger partial charge on any atom is -0.365 e. The van der Waals surface area contributed by atoms with Crippen LogP contribution in [0.4, 0.5) is 13.2 Å². The van der Waals surface area contributed by atoms with E-state index >= 15 is 0 Å². The van der Waals surface area contributed by atoms with Crippen molar-refractivity contribution in [3.63, 3.8) is 0 Å². The largest absolute Gasteiger partial charge is 0.410 e. The number of halogens is 4. The number of hydrogen-bond donors (Lipinski definition) is 1. The Morgan fingerprint density at radius 3 is 2.38 bits per heavy atom. The maximum Gasteiger partial charge on any atom is 0.410 e. The van der Waals surface area contributed by atoms with E-state index in [-0.39, 0.29) is 15.9 Å². The number of nitrogens with zero attached hydrogens (tertiary/aromatic N) is 2. The molecule has 1 unspecified atom stereocenters. The molecular weight excluding hydrogens is 291 g/mol. The van der Waals surface area contributed by atoms with Gasteiger partial charge in [0.1, 0.15) is 10.6 Å². The fourth-order valence-electron chi connectivity index (χ4n) is 1.28. The van der Waals surface area contributed by atoms with Gasteiger partial charge in [0.25, 0.3) is 5.91 Å². The van der Waals surface area contributed by atoms with Crippen LogP contribution in [0.15, 0.2) is 4.60 Å². The summed E-state index contributed by atoms with van der Waals surface area (Å²) < 4.78 is 38.1. The minimum absolute atomic E-state index is 0.0219. The number of aromatic nitrogens is 2. The van der Waals surface area contributed by atoms with Crippen molar-refractivity contribution in [1.82, 2.24) is 9.78 Å². The molecule has 0 spiro atoms. The van der Waals surface area contributed by atoms with E-state index in [9.17, 15) is 18.0 Å². The molecule has 90 valence electrons. The van der Waals surface area contributed by atoms with Crippen LogP contribution >= 0.6 is 15.9 Å². The smallest absolute Gasteiger partial charge is 0.365 e. The minimum atomic E-state index is -4.43. The van der Waals surface area contributed by atoms with Crippen molar-refractivity contribution in [1.29, 1.82) is 0 Å². The van der Waals surface area contributed by atoms with Crippen molar-refractivity contribution in [2.75, 3.05) is 0 Å². The number of nitrogens with two attached hydrogens (primary N) is 1. The summed E-state index contributed by atoms with van der Waals surface area (Å²) in [4.78, 5) is 11.0. The van der Waals surface area contributed by atoms with Gasteiger partial charge in [-0.15, -0.1) is 0 Å². The molecule has 0 saturated carbocycles. The lowest BCUT2D eigenvalue weighted by Crippen LogP contribution is -2.26. The summed E-state index contributed by atoms with van der Waals surface area (Å²) >= 11 is 2.90. The molecule has 0 radical (unpaired) electrons. The van der Waals surface area contributed by atoms with Gasteiger partial charge in [-0.05, 0) is 29.8 Å². The number of hydrogen-bond acceptors (Lipinski definition) is 2. The third-order valence-corrected chi connectivity index (χ3v) is 2.75. The Bertz CT molecular complexity index is 427. The van der Waals surface area contributed by atoms with Gasteiger partial charge in [-0.2, -0.15) is 18.3 Å². The van der Waals surface area contributed by atoms with Crippen LogP contribution < -0.4 is 5.73 Å². The maximum atomic E-state index is 12.5. The molecule has 1 aromatic rings. The summed E-state index contributed by atoms with van der Waals surface area (Å²) in [6.07, 6.45) is -4.43. The van der Waals surface area contributed by atoms with E-state index in [1.165, 1.54) is 6.92 Å². The third kappa shape index (κ3) is 2.21. The number of carbonyl (C=O) groups is 1. The van der Waals surface area contributed by atoms with Gasteiger partial charge in [0.15, 0.2) is 0 Å². The highest BCUT2D eigenvalue weighted by Gasteiger charge is 2.39. The van der Waals surface area contributed by atoms with E-state index in [1.54, 1.807) is 0 Å². The maximum absolute atomic E-state index is 12.5. The Balaban J connectivity index is 3.28. The first kappa shape index (κ1) is 13.0. The second-order valence-corrected chi connectivity index (χ2v) is 4.03.